The summed E-state index contributed by atoms with van der Waals surface area (Å²) < 4.78 is 0. The molecule has 0 spiro atoms. The molecule has 0 saturated carbocycles. The van der Waals surface area contributed by atoms with Crippen molar-refractivity contribution >= 4 is 27.5 Å². The van der Waals surface area contributed by atoms with E-state index in [1.165, 1.54) is 0 Å². The summed E-state index contributed by atoms with van der Waals surface area (Å²) >= 11 is 9.51. The van der Waals surface area contributed by atoms with Crippen LogP contribution in [0, 0.1) is 5.41 Å². The van der Waals surface area contributed by atoms with Crippen LogP contribution < -0.4 is 0 Å². The molecule has 2 heteroatoms. The molecule has 0 heterocycles. The number of halogens is 2. The minimum atomic E-state index is 0.241. The van der Waals surface area contributed by atoms with Gasteiger partial charge in [-0.2, -0.15) is 0 Å². The van der Waals surface area contributed by atoms with Crippen molar-refractivity contribution in [2.45, 2.75) is 44.3 Å². The van der Waals surface area contributed by atoms with Crippen LogP contribution in [0.2, 0.25) is 0 Å². The molecule has 0 aromatic rings. The number of hydrogen-bond donors (Lipinski definition) is 0. The Bertz CT molecular complexity index is 97.4. The Morgan fingerprint density at radius 3 is 1.90 bits per heavy atom. The third-order valence-electron chi connectivity index (χ3n) is 1.88. The lowest BCUT2D eigenvalue weighted by Crippen LogP contribution is -2.24. The van der Waals surface area contributed by atoms with Gasteiger partial charge in [-0.1, -0.05) is 36.7 Å². The molecular formula is C8H16BrCl. The molecule has 0 aliphatic rings. The van der Waals surface area contributed by atoms with Gasteiger partial charge in [0.2, 0.25) is 0 Å². The molecule has 0 radical (unpaired) electrons. The molecule has 0 aromatic carbocycles. The maximum Gasteiger partial charge on any atom is 0.0359 e. The molecule has 0 N–H and O–H groups in total. The standard InChI is InChI=1S/C8H16BrCl/c1-6(9)5-8(3,4)7(2)10/h6-7H,5H2,1-4H3/t6?,7-/m0/s1. The van der Waals surface area contributed by atoms with Gasteiger partial charge in [0.1, 0.15) is 0 Å². The number of rotatable bonds is 3. The highest BCUT2D eigenvalue weighted by molar-refractivity contribution is 9.09. The van der Waals surface area contributed by atoms with Crippen LogP contribution >= 0.6 is 27.5 Å². The molecule has 62 valence electrons. The van der Waals surface area contributed by atoms with Crippen molar-refractivity contribution in [3.8, 4) is 0 Å². The van der Waals surface area contributed by atoms with Crippen LogP contribution in [-0.2, 0) is 0 Å². The van der Waals surface area contributed by atoms with Crippen molar-refractivity contribution in [2.24, 2.45) is 5.41 Å². The first kappa shape index (κ1) is 10.8. The Balaban J connectivity index is 3.87. The Labute approximate surface area is 77.5 Å². The summed E-state index contributed by atoms with van der Waals surface area (Å²) in [5, 5.41) is 0.243. The maximum atomic E-state index is 5.99. The summed E-state index contributed by atoms with van der Waals surface area (Å²) in [5.41, 5.74) is 0.241. The second-order valence-electron chi connectivity index (χ2n) is 3.59. The van der Waals surface area contributed by atoms with E-state index in [0.29, 0.717) is 4.83 Å². The predicted molar refractivity (Wildman–Crippen MR) is 52.1 cm³/mol. The van der Waals surface area contributed by atoms with E-state index < -0.39 is 0 Å². The third-order valence-corrected chi connectivity index (χ3v) is 2.80. The van der Waals surface area contributed by atoms with Crippen LogP contribution in [0.3, 0.4) is 0 Å². The largest absolute Gasteiger partial charge is 0.123 e. The Hall–Kier alpha value is 0.770. The van der Waals surface area contributed by atoms with E-state index >= 15 is 0 Å². The van der Waals surface area contributed by atoms with Crippen LogP contribution in [0.4, 0.5) is 0 Å². The van der Waals surface area contributed by atoms with Crippen molar-refractivity contribution in [1.29, 1.82) is 0 Å². The lowest BCUT2D eigenvalue weighted by molar-refractivity contribution is 0.331. The van der Waals surface area contributed by atoms with Gasteiger partial charge in [-0.25, -0.2) is 0 Å². The highest BCUT2D eigenvalue weighted by Crippen LogP contribution is 2.32. The van der Waals surface area contributed by atoms with Gasteiger partial charge in [0.25, 0.3) is 0 Å². The van der Waals surface area contributed by atoms with Crippen molar-refractivity contribution in [3.63, 3.8) is 0 Å². The van der Waals surface area contributed by atoms with Crippen molar-refractivity contribution in [3.05, 3.63) is 0 Å². The monoisotopic (exact) mass is 226 g/mol. The zero-order valence-corrected chi connectivity index (χ0v) is 9.46. The summed E-state index contributed by atoms with van der Waals surface area (Å²) in [4.78, 5) is 0.559. The highest BCUT2D eigenvalue weighted by Gasteiger charge is 2.25. The molecule has 0 amide bonds. The molecule has 0 aliphatic heterocycles. The fraction of sp³-hybridized carbons (Fsp3) is 1.00. The molecule has 10 heavy (non-hydrogen) atoms. The van der Waals surface area contributed by atoms with Gasteiger partial charge in [0, 0.05) is 10.2 Å². The van der Waals surface area contributed by atoms with Crippen LogP contribution in [-0.4, -0.2) is 10.2 Å². The quantitative estimate of drug-likeness (QED) is 0.643. The highest BCUT2D eigenvalue weighted by atomic mass is 79.9. The SMILES string of the molecule is CC(Br)CC(C)(C)[C@H](C)Cl. The Morgan fingerprint density at radius 2 is 1.80 bits per heavy atom. The maximum absolute atomic E-state index is 5.99. The van der Waals surface area contributed by atoms with Crippen LogP contribution in [0.1, 0.15) is 34.1 Å². The first-order chi connectivity index (χ1) is 4.36. The molecule has 0 fully saturated rings. The zero-order chi connectivity index (χ0) is 8.36. The normalized spacial score (nSPS) is 18.6. The molecule has 2 atom stereocenters. The molecule has 0 rings (SSSR count). The number of hydrogen-bond acceptors (Lipinski definition) is 0. The topological polar surface area (TPSA) is 0 Å². The van der Waals surface area contributed by atoms with E-state index in [2.05, 4.69) is 43.6 Å². The lowest BCUT2D eigenvalue weighted by atomic mass is 9.85. The van der Waals surface area contributed by atoms with Gasteiger partial charge < -0.3 is 0 Å². The summed E-state index contributed by atoms with van der Waals surface area (Å²) in [5.74, 6) is 0. The van der Waals surface area contributed by atoms with Gasteiger partial charge in [0.15, 0.2) is 0 Å². The molecule has 0 aliphatic carbocycles. The van der Waals surface area contributed by atoms with Crippen molar-refractivity contribution in [2.75, 3.05) is 0 Å². The van der Waals surface area contributed by atoms with E-state index in [1.54, 1.807) is 0 Å². The molecular weight excluding hydrogens is 211 g/mol. The second-order valence-corrected chi connectivity index (χ2v) is 5.81. The first-order valence-electron chi connectivity index (χ1n) is 3.64. The average molecular weight is 228 g/mol. The van der Waals surface area contributed by atoms with E-state index in [1.807, 2.05) is 0 Å². The summed E-state index contributed by atoms with van der Waals surface area (Å²) in [7, 11) is 0. The van der Waals surface area contributed by atoms with Crippen LogP contribution in [0.5, 0.6) is 0 Å². The fourth-order valence-corrected chi connectivity index (χ4v) is 1.81. The predicted octanol–water partition coefficient (Wildman–Crippen LogP) is 3.81. The van der Waals surface area contributed by atoms with Gasteiger partial charge in [-0.3, -0.25) is 0 Å². The minimum Gasteiger partial charge on any atom is -0.123 e. The number of alkyl halides is 2. The Kier molecular flexibility index (Phi) is 4.27. The molecule has 0 nitrogen and oxygen atoms in total. The summed E-state index contributed by atoms with van der Waals surface area (Å²) in [6.07, 6.45) is 1.12. The fourth-order valence-electron chi connectivity index (χ4n) is 0.887. The lowest BCUT2D eigenvalue weighted by Gasteiger charge is -2.28. The summed E-state index contributed by atoms with van der Waals surface area (Å²) in [6.45, 7) is 8.60. The van der Waals surface area contributed by atoms with E-state index in [4.69, 9.17) is 11.6 Å². The van der Waals surface area contributed by atoms with Gasteiger partial charge in [0.05, 0.1) is 0 Å². The third kappa shape index (κ3) is 3.82. The van der Waals surface area contributed by atoms with E-state index in [0.717, 1.165) is 6.42 Å². The molecule has 1 unspecified atom stereocenters. The molecule has 0 bridgehead atoms. The summed E-state index contributed by atoms with van der Waals surface area (Å²) in [6, 6.07) is 0. The van der Waals surface area contributed by atoms with E-state index in [-0.39, 0.29) is 10.8 Å². The second kappa shape index (κ2) is 3.96. The van der Waals surface area contributed by atoms with Gasteiger partial charge in [-0.15, -0.1) is 11.6 Å². The smallest absolute Gasteiger partial charge is 0.0359 e. The van der Waals surface area contributed by atoms with Gasteiger partial charge >= 0.3 is 0 Å². The Morgan fingerprint density at radius 1 is 1.40 bits per heavy atom. The first-order valence-corrected chi connectivity index (χ1v) is 4.99. The zero-order valence-electron chi connectivity index (χ0n) is 7.12. The average Bonchev–Trinajstić information content (AvgIpc) is 1.60. The molecule has 0 aromatic heterocycles. The van der Waals surface area contributed by atoms with Crippen LogP contribution in [0.25, 0.3) is 0 Å². The minimum absolute atomic E-state index is 0.241. The van der Waals surface area contributed by atoms with Crippen molar-refractivity contribution in [1.82, 2.24) is 0 Å². The van der Waals surface area contributed by atoms with E-state index in [9.17, 15) is 0 Å². The molecule has 0 saturated heterocycles. The van der Waals surface area contributed by atoms with Crippen molar-refractivity contribution < 1.29 is 0 Å². The van der Waals surface area contributed by atoms with Gasteiger partial charge in [-0.05, 0) is 18.8 Å². The van der Waals surface area contributed by atoms with Crippen LogP contribution in [0.15, 0.2) is 0 Å².